The molecule has 2 aromatic rings. The molecule has 0 unspecified atom stereocenters. The van der Waals surface area contributed by atoms with Crippen molar-refractivity contribution in [3.05, 3.63) is 30.3 Å². The maximum absolute atomic E-state index is 11.0. The fraction of sp³-hybridized carbons (Fsp3) is 0.200. The summed E-state index contributed by atoms with van der Waals surface area (Å²) in [6.07, 6.45) is 3.64. The Morgan fingerprint density at radius 2 is 2.33 bits per heavy atom. The summed E-state index contributed by atoms with van der Waals surface area (Å²) < 4.78 is 7.05. The molecule has 0 amide bonds. The smallest absolute Gasteiger partial charge is 0.194 e. The van der Waals surface area contributed by atoms with Crippen LogP contribution in [-0.2, 0) is 7.05 Å². The normalized spacial score (nSPS) is 10.5. The van der Waals surface area contributed by atoms with Gasteiger partial charge in [0.15, 0.2) is 16.6 Å². The maximum atomic E-state index is 11.0. The molecule has 0 aliphatic rings. The molecule has 0 bridgehead atoms. The Bertz CT molecular complexity index is 487. The number of aryl methyl sites for hydroxylation is 1. The minimum absolute atomic E-state index is 0.0620. The number of rotatable bonds is 3. The first-order valence-electron chi connectivity index (χ1n) is 4.42. The lowest BCUT2D eigenvalue weighted by Gasteiger charge is -1.91. The Morgan fingerprint density at radius 3 is 2.87 bits per heavy atom. The van der Waals surface area contributed by atoms with Crippen LogP contribution in [0.5, 0.6) is 0 Å². The number of aromatic nitrogens is 2. The van der Waals surface area contributed by atoms with Crippen molar-refractivity contribution in [1.29, 1.82) is 0 Å². The van der Waals surface area contributed by atoms with Crippen molar-refractivity contribution < 1.29 is 9.21 Å². The number of hydrogen-bond donors (Lipinski definition) is 0. The highest BCUT2D eigenvalue weighted by Gasteiger charge is 2.08. The molecule has 0 aromatic carbocycles. The Hall–Kier alpha value is -1.49. The number of furan rings is 1. The number of Topliss-reactive ketones (excluding diaryl/α,β-unsaturated/α-hetero) is 1. The van der Waals surface area contributed by atoms with E-state index in [9.17, 15) is 4.79 Å². The third-order valence-corrected chi connectivity index (χ3v) is 2.70. The van der Waals surface area contributed by atoms with Gasteiger partial charge in [-0.25, -0.2) is 0 Å². The third kappa shape index (κ3) is 2.30. The van der Waals surface area contributed by atoms with Crippen LogP contribution in [0, 0.1) is 0 Å². The van der Waals surface area contributed by atoms with Crippen LogP contribution in [0.2, 0.25) is 0 Å². The van der Waals surface area contributed by atoms with E-state index in [0.717, 1.165) is 4.90 Å². The number of carbonyl (C=O) groups is 1. The summed E-state index contributed by atoms with van der Waals surface area (Å²) in [4.78, 5) is 12.0. The lowest BCUT2D eigenvalue weighted by molar-refractivity contribution is 0.0982. The zero-order chi connectivity index (χ0) is 10.8. The van der Waals surface area contributed by atoms with Crippen molar-refractivity contribution in [3.63, 3.8) is 0 Å². The Balaban J connectivity index is 2.14. The second-order valence-corrected chi connectivity index (χ2v) is 4.20. The molecule has 0 saturated carbocycles. The predicted octanol–water partition coefficient (Wildman–Crippen LogP) is 2.37. The molecule has 0 fully saturated rings. The summed E-state index contributed by atoms with van der Waals surface area (Å²) >= 11 is 1.44. The van der Waals surface area contributed by atoms with Gasteiger partial charge in [0.05, 0.1) is 11.1 Å². The Kier molecular flexibility index (Phi) is 2.64. The van der Waals surface area contributed by atoms with Gasteiger partial charge < -0.3 is 4.42 Å². The van der Waals surface area contributed by atoms with Gasteiger partial charge in [0.25, 0.3) is 0 Å². The Morgan fingerprint density at radius 1 is 1.53 bits per heavy atom. The van der Waals surface area contributed by atoms with Crippen molar-refractivity contribution in [3.8, 4) is 0 Å². The maximum Gasteiger partial charge on any atom is 0.194 e. The summed E-state index contributed by atoms with van der Waals surface area (Å²) in [5.74, 6) is 0.328. The molecule has 0 aliphatic carbocycles. The van der Waals surface area contributed by atoms with Crippen molar-refractivity contribution >= 4 is 17.5 Å². The van der Waals surface area contributed by atoms with E-state index >= 15 is 0 Å². The van der Waals surface area contributed by atoms with Crippen LogP contribution in [0.1, 0.15) is 17.5 Å². The lowest BCUT2D eigenvalue weighted by atomic mass is 10.3. The molecular formula is C10H10N2O2S. The van der Waals surface area contributed by atoms with E-state index in [-0.39, 0.29) is 5.78 Å². The molecule has 4 nitrogen and oxygen atoms in total. The monoisotopic (exact) mass is 222 g/mol. The van der Waals surface area contributed by atoms with Gasteiger partial charge in [-0.15, -0.1) is 0 Å². The fourth-order valence-electron chi connectivity index (χ4n) is 1.13. The molecule has 2 aromatic heterocycles. The van der Waals surface area contributed by atoms with Crippen LogP contribution in [0.4, 0.5) is 0 Å². The van der Waals surface area contributed by atoms with Crippen LogP contribution < -0.4 is 0 Å². The number of nitrogens with zero attached hydrogens (tertiary/aromatic N) is 2. The zero-order valence-corrected chi connectivity index (χ0v) is 9.25. The van der Waals surface area contributed by atoms with Crippen LogP contribution in [-0.4, -0.2) is 15.6 Å². The molecule has 0 atom stereocenters. The van der Waals surface area contributed by atoms with E-state index < -0.39 is 0 Å². The number of hydrogen-bond acceptors (Lipinski definition) is 4. The summed E-state index contributed by atoms with van der Waals surface area (Å²) in [5, 5.41) is 4.74. The summed E-state index contributed by atoms with van der Waals surface area (Å²) in [7, 11) is 1.85. The molecular weight excluding hydrogens is 212 g/mol. The van der Waals surface area contributed by atoms with E-state index in [1.165, 1.54) is 18.7 Å². The van der Waals surface area contributed by atoms with Crippen LogP contribution in [0.25, 0.3) is 0 Å². The van der Waals surface area contributed by atoms with E-state index in [2.05, 4.69) is 5.10 Å². The van der Waals surface area contributed by atoms with Gasteiger partial charge in [-0.05, 0) is 23.9 Å². The van der Waals surface area contributed by atoms with Gasteiger partial charge in [0.2, 0.25) is 0 Å². The van der Waals surface area contributed by atoms with E-state index in [0.29, 0.717) is 10.9 Å². The predicted molar refractivity (Wildman–Crippen MR) is 56.0 cm³/mol. The van der Waals surface area contributed by atoms with Crippen molar-refractivity contribution in [2.24, 2.45) is 7.05 Å². The number of carbonyl (C=O) groups excluding carboxylic acids is 1. The molecule has 5 heteroatoms. The fourth-order valence-corrected chi connectivity index (χ4v) is 1.94. The first kappa shape index (κ1) is 10.0. The lowest BCUT2D eigenvalue weighted by Crippen LogP contribution is -1.85. The molecule has 0 radical (unpaired) electrons. The van der Waals surface area contributed by atoms with Crippen molar-refractivity contribution in [1.82, 2.24) is 9.78 Å². The summed E-state index contributed by atoms with van der Waals surface area (Å²) in [5.41, 5.74) is 0. The van der Waals surface area contributed by atoms with Crippen molar-refractivity contribution in [2.75, 3.05) is 0 Å². The molecule has 0 N–H and O–H groups in total. The highest BCUT2D eigenvalue weighted by atomic mass is 32.2. The molecule has 78 valence electrons. The molecule has 0 spiro atoms. The molecule has 0 saturated heterocycles. The van der Waals surface area contributed by atoms with E-state index in [4.69, 9.17) is 4.42 Å². The second-order valence-electron chi connectivity index (χ2n) is 3.13. The van der Waals surface area contributed by atoms with Gasteiger partial charge in [0.1, 0.15) is 0 Å². The van der Waals surface area contributed by atoms with E-state index in [1.54, 1.807) is 23.0 Å². The standard InChI is InChI=1S/C10H10N2O2S/c1-7(13)9-3-4-10(14-9)15-8-5-11-12(2)6-8/h3-6H,1-2H3. The van der Waals surface area contributed by atoms with Crippen LogP contribution >= 0.6 is 11.8 Å². The molecule has 2 heterocycles. The minimum atomic E-state index is -0.0620. The van der Waals surface area contributed by atoms with Gasteiger partial charge in [-0.1, -0.05) is 0 Å². The first-order chi connectivity index (χ1) is 7.15. The first-order valence-corrected chi connectivity index (χ1v) is 5.24. The van der Waals surface area contributed by atoms with Crippen molar-refractivity contribution in [2.45, 2.75) is 16.9 Å². The third-order valence-electron chi connectivity index (χ3n) is 1.83. The highest BCUT2D eigenvalue weighted by Crippen LogP contribution is 2.28. The van der Waals surface area contributed by atoms with Crippen LogP contribution in [0.3, 0.4) is 0 Å². The average molecular weight is 222 g/mol. The second kappa shape index (κ2) is 3.94. The molecule has 2 rings (SSSR count). The summed E-state index contributed by atoms with van der Waals surface area (Å²) in [6, 6.07) is 3.47. The Labute approximate surface area is 91.3 Å². The molecule has 0 aliphatic heterocycles. The quantitative estimate of drug-likeness (QED) is 0.748. The van der Waals surface area contributed by atoms with Gasteiger partial charge in [0, 0.05) is 20.2 Å². The van der Waals surface area contributed by atoms with Gasteiger partial charge in [-0.2, -0.15) is 5.10 Å². The van der Waals surface area contributed by atoms with Gasteiger partial charge in [-0.3, -0.25) is 9.48 Å². The average Bonchev–Trinajstić information content (AvgIpc) is 2.76. The summed E-state index contributed by atoms with van der Waals surface area (Å²) in [6.45, 7) is 1.48. The van der Waals surface area contributed by atoms with E-state index in [1.807, 2.05) is 13.2 Å². The zero-order valence-electron chi connectivity index (χ0n) is 8.43. The molecule has 15 heavy (non-hydrogen) atoms. The number of ketones is 1. The SMILES string of the molecule is CC(=O)c1ccc(Sc2cnn(C)c2)o1. The minimum Gasteiger partial charge on any atom is -0.446 e. The topological polar surface area (TPSA) is 48.0 Å². The van der Waals surface area contributed by atoms with Crippen LogP contribution in [0.15, 0.2) is 38.9 Å². The largest absolute Gasteiger partial charge is 0.446 e. The van der Waals surface area contributed by atoms with Gasteiger partial charge >= 0.3 is 0 Å². The highest BCUT2D eigenvalue weighted by molar-refractivity contribution is 7.99.